The highest BCUT2D eigenvalue weighted by molar-refractivity contribution is 9.10. The highest BCUT2D eigenvalue weighted by Gasteiger charge is 2.49. The van der Waals surface area contributed by atoms with E-state index in [0.29, 0.717) is 16.5 Å². The van der Waals surface area contributed by atoms with Crippen LogP contribution in [-0.4, -0.2) is 6.61 Å². The summed E-state index contributed by atoms with van der Waals surface area (Å²) >= 11 is 3.65. The van der Waals surface area contributed by atoms with Crippen molar-refractivity contribution in [3.05, 3.63) is 62.6 Å². The smallest absolute Gasteiger partial charge is 0.133 e. The fourth-order valence-corrected chi connectivity index (χ4v) is 7.30. The molecule has 2 aromatic carbocycles. The number of unbranched alkanes of at least 4 members (excludes halogenated alkanes) is 3. The van der Waals surface area contributed by atoms with E-state index in [1.807, 2.05) is 6.07 Å². The molecular weight excluding hydrogens is 520 g/mol. The summed E-state index contributed by atoms with van der Waals surface area (Å²) in [6.45, 7) is 5.17. The largest absolute Gasteiger partial charge is 0.492 e. The van der Waals surface area contributed by atoms with Gasteiger partial charge in [-0.2, -0.15) is 10.5 Å². The van der Waals surface area contributed by atoms with Crippen molar-refractivity contribution in [2.75, 3.05) is 6.61 Å². The molecule has 3 aliphatic carbocycles. The lowest BCUT2D eigenvalue weighted by atomic mass is 9.50. The zero-order valence-corrected chi connectivity index (χ0v) is 24.3. The van der Waals surface area contributed by atoms with E-state index in [9.17, 15) is 10.5 Å². The van der Waals surface area contributed by atoms with Crippen LogP contribution in [0.2, 0.25) is 0 Å². The van der Waals surface area contributed by atoms with Crippen molar-refractivity contribution in [1.82, 2.24) is 0 Å². The van der Waals surface area contributed by atoms with Crippen molar-refractivity contribution in [3.8, 4) is 17.9 Å². The van der Waals surface area contributed by atoms with Gasteiger partial charge in [-0.3, -0.25) is 0 Å². The lowest BCUT2D eigenvalue weighted by molar-refractivity contribution is 0.0304. The van der Waals surface area contributed by atoms with Gasteiger partial charge in [-0.15, -0.1) is 0 Å². The Bertz CT molecular complexity index is 1150. The monoisotopic (exact) mass is 560 g/mol. The minimum absolute atomic E-state index is 0.0835. The van der Waals surface area contributed by atoms with E-state index in [0.717, 1.165) is 53.6 Å². The van der Waals surface area contributed by atoms with Gasteiger partial charge in [0.15, 0.2) is 0 Å². The number of hydrogen-bond donors (Lipinski definition) is 0. The SMILES string of the molecule is CCCCCC12CCC(c3ccc(CCc4ccc(OCCCC)c(Br)c4)c(C#N)c3C#N)(CC1)CC2. The molecule has 3 saturated carbocycles. The second-order valence-electron chi connectivity index (χ2n) is 11.5. The van der Waals surface area contributed by atoms with Crippen molar-refractivity contribution in [2.24, 2.45) is 5.41 Å². The van der Waals surface area contributed by atoms with Gasteiger partial charge in [0.25, 0.3) is 0 Å². The minimum atomic E-state index is 0.0835. The van der Waals surface area contributed by atoms with Gasteiger partial charge in [0, 0.05) is 0 Å². The van der Waals surface area contributed by atoms with Crippen LogP contribution in [-0.2, 0) is 18.3 Å². The molecule has 0 spiro atoms. The number of rotatable bonds is 12. The van der Waals surface area contributed by atoms with Crippen molar-refractivity contribution in [1.29, 1.82) is 10.5 Å². The Kier molecular flexibility index (Phi) is 9.36. The zero-order chi connectivity index (χ0) is 26.3. The molecule has 4 heteroatoms. The Morgan fingerprint density at radius 2 is 1.54 bits per heavy atom. The van der Waals surface area contributed by atoms with Crippen LogP contribution in [0.5, 0.6) is 5.75 Å². The van der Waals surface area contributed by atoms with Crippen molar-refractivity contribution >= 4 is 15.9 Å². The molecule has 0 atom stereocenters. The van der Waals surface area contributed by atoms with E-state index >= 15 is 0 Å². The molecule has 5 rings (SSSR count). The van der Waals surface area contributed by atoms with Crippen LogP contribution in [0.4, 0.5) is 0 Å². The summed E-state index contributed by atoms with van der Waals surface area (Å²) in [7, 11) is 0. The molecule has 3 nitrogen and oxygen atoms in total. The normalized spacial score (nSPS) is 22.4. The average Bonchev–Trinajstić information content (AvgIpc) is 2.93. The zero-order valence-electron chi connectivity index (χ0n) is 22.7. The van der Waals surface area contributed by atoms with Gasteiger partial charge < -0.3 is 4.74 Å². The highest BCUT2D eigenvalue weighted by Crippen LogP contribution is 2.60. The fraction of sp³-hybridized carbons (Fsp3) is 0.576. The van der Waals surface area contributed by atoms with Crippen LogP contribution in [0.3, 0.4) is 0 Å². The quantitative estimate of drug-likeness (QED) is 0.243. The van der Waals surface area contributed by atoms with Crippen molar-refractivity contribution < 1.29 is 4.74 Å². The van der Waals surface area contributed by atoms with Crippen LogP contribution in [0.1, 0.15) is 119 Å². The maximum Gasteiger partial charge on any atom is 0.133 e. The first-order chi connectivity index (χ1) is 18.0. The number of ether oxygens (including phenoxy) is 1. The minimum Gasteiger partial charge on any atom is -0.492 e. The molecule has 37 heavy (non-hydrogen) atoms. The van der Waals surface area contributed by atoms with Crippen LogP contribution in [0.15, 0.2) is 34.8 Å². The van der Waals surface area contributed by atoms with Crippen LogP contribution in [0.25, 0.3) is 0 Å². The number of benzene rings is 2. The van der Waals surface area contributed by atoms with E-state index in [-0.39, 0.29) is 5.41 Å². The standard InChI is InChI=1S/C33H41BrN2O/c1-3-5-7-14-32-15-18-33(19-16-32,20-17-32)29-12-11-26(27(23-35)28(29)24-36)10-8-25-9-13-31(30(34)22-25)37-21-6-4-2/h9,11-13,22H,3-8,10,14-21H2,1-2H3. The second-order valence-corrected chi connectivity index (χ2v) is 12.3. The van der Waals surface area contributed by atoms with Gasteiger partial charge >= 0.3 is 0 Å². The third-order valence-corrected chi connectivity index (χ3v) is 9.85. The molecule has 0 amide bonds. The first-order valence-electron chi connectivity index (χ1n) is 14.4. The first-order valence-corrected chi connectivity index (χ1v) is 15.2. The molecule has 0 N–H and O–H groups in total. The number of aryl methyl sites for hydroxylation is 2. The van der Waals surface area contributed by atoms with Gasteiger partial charge in [-0.25, -0.2) is 0 Å². The lowest BCUT2D eigenvalue weighted by Crippen LogP contribution is -2.44. The lowest BCUT2D eigenvalue weighted by Gasteiger charge is -2.54. The van der Waals surface area contributed by atoms with E-state index in [4.69, 9.17) is 4.74 Å². The third-order valence-electron chi connectivity index (χ3n) is 9.23. The molecule has 0 aliphatic heterocycles. The second kappa shape index (κ2) is 12.5. The van der Waals surface area contributed by atoms with Crippen molar-refractivity contribution in [3.63, 3.8) is 0 Å². The van der Waals surface area contributed by atoms with Gasteiger partial charge in [-0.05, 0) is 120 Å². The maximum atomic E-state index is 10.2. The number of halogens is 1. The van der Waals surface area contributed by atoms with Crippen LogP contribution >= 0.6 is 15.9 Å². The topological polar surface area (TPSA) is 56.8 Å². The van der Waals surface area contributed by atoms with Crippen LogP contribution in [0, 0.1) is 28.1 Å². The van der Waals surface area contributed by atoms with E-state index < -0.39 is 0 Å². The van der Waals surface area contributed by atoms with Gasteiger partial charge in [0.1, 0.15) is 17.9 Å². The number of fused-ring (bicyclic) bond motifs is 3. The predicted molar refractivity (Wildman–Crippen MR) is 154 cm³/mol. The molecule has 0 unspecified atom stereocenters. The summed E-state index contributed by atoms with van der Waals surface area (Å²) in [4.78, 5) is 0. The Morgan fingerprint density at radius 1 is 0.838 bits per heavy atom. The molecule has 3 aliphatic rings. The van der Waals surface area contributed by atoms with E-state index in [2.05, 4.69) is 66.2 Å². The summed E-state index contributed by atoms with van der Waals surface area (Å²) in [5, 5.41) is 20.4. The molecule has 2 aromatic rings. The Labute approximate surface area is 232 Å². The van der Waals surface area contributed by atoms with E-state index in [1.165, 1.54) is 69.8 Å². The predicted octanol–water partition coefficient (Wildman–Crippen LogP) is 9.33. The first kappa shape index (κ1) is 27.7. The Morgan fingerprint density at radius 3 is 2.16 bits per heavy atom. The Hall–Kier alpha value is -2.30. The summed E-state index contributed by atoms with van der Waals surface area (Å²) < 4.78 is 6.83. The molecule has 3 fully saturated rings. The fourth-order valence-electron chi connectivity index (χ4n) is 6.75. The molecular formula is C33H41BrN2O. The number of nitriles is 2. The Balaban J connectivity index is 1.48. The van der Waals surface area contributed by atoms with Gasteiger partial charge in [0.2, 0.25) is 0 Å². The maximum absolute atomic E-state index is 10.2. The molecule has 196 valence electrons. The summed E-state index contributed by atoms with van der Waals surface area (Å²) in [6, 6.07) is 15.5. The summed E-state index contributed by atoms with van der Waals surface area (Å²) in [6.07, 6.45) is 16.4. The molecule has 0 heterocycles. The highest BCUT2D eigenvalue weighted by atomic mass is 79.9. The molecule has 0 radical (unpaired) electrons. The van der Waals surface area contributed by atoms with Crippen molar-refractivity contribution in [2.45, 2.75) is 109 Å². The number of hydrogen-bond acceptors (Lipinski definition) is 3. The van der Waals surface area contributed by atoms with Gasteiger partial charge in [-0.1, -0.05) is 57.7 Å². The van der Waals surface area contributed by atoms with Gasteiger partial charge in [0.05, 0.1) is 22.2 Å². The summed E-state index contributed by atoms with van der Waals surface area (Å²) in [5.41, 5.74) is 5.18. The van der Waals surface area contributed by atoms with Crippen LogP contribution < -0.4 is 4.74 Å². The molecule has 0 saturated heterocycles. The van der Waals surface area contributed by atoms with E-state index in [1.54, 1.807) is 0 Å². The number of nitrogens with zero attached hydrogens (tertiary/aromatic N) is 2. The molecule has 0 aromatic heterocycles. The summed E-state index contributed by atoms with van der Waals surface area (Å²) in [5.74, 6) is 0.875. The average molecular weight is 562 g/mol. The third kappa shape index (κ3) is 6.07. The molecule has 2 bridgehead atoms.